The van der Waals surface area contributed by atoms with Crippen LogP contribution >= 0.6 is 0 Å². The van der Waals surface area contributed by atoms with Crippen molar-refractivity contribution < 1.29 is 29.1 Å². The van der Waals surface area contributed by atoms with Gasteiger partial charge in [-0.3, -0.25) is 24.0 Å². The lowest BCUT2D eigenvalue weighted by molar-refractivity contribution is -0.141. The highest BCUT2D eigenvalue weighted by Gasteiger charge is 2.27. The van der Waals surface area contributed by atoms with Crippen LogP contribution in [0.1, 0.15) is 27.2 Å². The predicted octanol–water partition coefficient (Wildman–Crippen LogP) is -2.96. The Morgan fingerprint density at radius 3 is 2.00 bits per heavy atom. The lowest BCUT2D eigenvalue weighted by Gasteiger charge is -2.21. The molecule has 0 aromatic heterocycles. The van der Waals surface area contributed by atoms with Crippen molar-refractivity contribution >= 4 is 29.6 Å². The summed E-state index contributed by atoms with van der Waals surface area (Å²) in [5.74, 6) is -4.46. The van der Waals surface area contributed by atoms with Gasteiger partial charge in [-0.15, -0.1) is 0 Å². The molecule has 0 bridgehead atoms. The quantitative estimate of drug-likeness (QED) is 0.239. The van der Waals surface area contributed by atoms with Crippen LogP contribution < -0.4 is 27.4 Å². The molecule has 8 N–H and O–H groups in total. The number of aliphatic carboxylic acids is 1. The van der Waals surface area contributed by atoms with Gasteiger partial charge in [0.25, 0.3) is 0 Å². The van der Waals surface area contributed by atoms with E-state index in [-0.39, 0.29) is 5.92 Å². The number of amides is 4. The minimum Gasteiger partial charge on any atom is -0.480 e. The number of carbonyl (C=O) groups excluding carboxylic acids is 4. The van der Waals surface area contributed by atoms with E-state index in [9.17, 15) is 24.0 Å². The van der Waals surface area contributed by atoms with E-state index in [1.165, 1.54) is 6.92 Å². The number of carboxylic acid groups (broad SMARTS) is 1. The Balaban J connectivity index is 4.74. The highest BCUT2D eigenvalue weighted by Crippen LogP contribution is 2.00. The topological polar surface area (TPSA) is 194 Å². The molecule has 11 heteroatoms. The zero-order valence-corrected chi connectivity index (χ0v) is 14.4. The molecule has 0 saturated carbocycles. The van der Waals surface area contributed by atoms with Gasteiger partial charge in [0.2, 0.25) is 23.6 Å². The van der Waals surface area contributed by atoms with Crippen LogP contribution in [0.25, 0.3) is 0 Å². The van der Waals surface area contributed by atoms with Crippen molar-refractivity contribution in [1.29, 1.82) is 0 Å². The van der Waals surface area contributed by atoms with Gasteiger partial charge in [-0.2, -0.15) is 0 Å². The molecule has 0 fully saturated rings. The first kappa shape index (κ1) is 22.3. The molecular formula is C14H25N5O6. The van der Waals surface area contributed by atoms with Gasteiger partial charge in [0, 0.05) is 0 Å². The summed E-state index contributed by atoms with van der Waals surface area (Å²) >= 11 is 0. The molecule has 25 heavy (non-hydrogen) atoms. The average molecular weight is 359 g/mol. The van der Waals surface area contributed by atoms with Gasteiger partial charge in [-0.05, 0) is 12.8 Å². The fourth-order valence-corrected chi connectivity index (χ4v) is 1.63. The van der Waals surface area contributed by atoms with Gasteiger partial charge in [0.15, 0.2) is 0 Å². The Kier molecular flexibility index (Phi) is 9.13. The first-order valence-corrected chi connectivity index (χ1v) is 7.59. The summed E-state index contributed by atoms with van der Waals surface area (Å²) in [6.45, 7) is 4.14. The van der Waals surface area contributed by atoms with E-state index in [2.05, 4.69) is 16.0 Å². The van der Waals surface area contributed by atoms with Crippen molar-refractivity contribution in [3.8, 4) is 0 Å². The monoisotopic (exact) mass is 359 g/mol. The first-order chi connectivity index (χ1) is 11.5. The number of hydrogen-bond acceptors (Lipinski definition) is 6. The molecule has 0 saturated heterocycles. The molecule has 0 spiro atoms. The number of carbonyl (C=O) groups is 5. The van der Waals surface area contributed by atoms with E-state index in [0.717, 1.165) is 0 Å². The maximum absolute atomic E-state index is 12.1. The lowest BCUT2D eigenvalue weighted by Crippen LogP contribution is -2.55. The van der Waals surface area contributed by atoms with Crippen molar-refractivity contribution in [2.75, 3.05) is 6.54 Å². The second-order valence-electron chi connectivity index (χ2n) is 5.85. The third kappa shape index (κ3) is 8.65. The second-order valence-corrected chi connectivity index (χ2v) is 5.85. The Morgan fingerprint density at radius 2 is 1.56 bits per heavy atom. The van der Waals surface area contributed by atoms with Crippen LogP contribution in [0, 0.1) is 5.92 Å². The number of rotatable bonds is 10. The third-order valence-electron chi connectivity index (χ3n) is 3.23. The normalized spacial score (nSPS) is 14.1. The van der Waals surface area contributed by atoms with Gasteiger partial charge in [0.05, 0.1) is 19.0 Å². The maximum Gasteiger partial charge on any atom is 0.325 e. The van der Waals surface area contributed by atoms with Crippen molar-refractivity contribution in [1.82, 2.24) is 16.0 Å². The van der Waals surface area contributed by atoms with Crippen molar-refractivity contribution in [2.45, 2.75) is 45.3 Å². The van der Waals surface area contributed by atoms with Crippen molar-refractivity contribution in [3.05, 3.63) is 0 Å². The van der Waals surface area contributed by atoms with Crippen LogP contribution in [0.15, 0.2) is 0 Å². The Hall–Kier alpha value is -2.69. The minimum absolute atomic E-state index is 0.194. The highest BCUT2D eigenvalue weighted by molar-refractivity contribution is 5.95. The average Bonchev–Trinajstić information content (AvgIpc) is 2.50. The molecule has 11 nitrogen and oxygen atoms in total. The maximum atomic E-state index is 12.1. The molecule has 0 rings (SSSR count). The molecule has 0 aliphatic heterocycles. The Bertz CT molecular complexity index is 536. The molecule has 3 unspecified atom stereocenters. The predicted molar refractivity (Wildman–Crippen MR) is 86.8 cm³/mol. The molecule has 0 aromatic rings. The van der Waals surface area contributed by atoms with E-state index in [1.807, 2.05) is 0 Å². The number of hydrogen-bond donors (Lipinski definition) is 6. The van der Waals surface area contributed by atoms with Gasteiger partial charge in [-0.25, -0.2) is 0 Å². The summed E-state index contributed by atoms with van der Waals surface area (Å²) in [7, 11) is 0. The smallest absolute Gasteiger partial charge is 0.325 e. The zero-order valence-electron chi connectivity index (χ0n) is 14.4. The molecule has 4 amide bonds. The van der Waals surface area contributed by atoms with Crippen LogP contribution in [-0.2, 0) is 24.0 Å². The number of primary amides is 1. The zero-order chi connectivity index (χ0) is 19.7. The van der Waals surface area contributed by atoms with Crippen LogP contribution in [0.3, 0.4) is 0 Å². The van der Waals surface area contributed by atoms with Gasteiger partial charge in [0.1, 0.15) is 12.1 Å². The third-order valence-corrected chi connectivity index (χ3v) is 3.23. The molecule has 3 atom stereocenters. The molecule has 0 radical (unpaired) electrons. The number of nitrogens with one attached hydrogen (secondary N) is 3. The van der Waals surface area contributed by atoms with Crippen molar-refractivity contribution in [3.63, 3.8) is 0 Å². The minimum atomic E-state index is -1.29. The summed E-state index contributed by atoms with van der Waals surface area (Å²) < 4.78 is 0. The summed E-state index contributed by atoms with van der Waals surface area (Å²) in [5, 5.41) is 15.3. The van der Waals surface area contributed by atoms with Gasteiger partial charge in [-0.1, -0.05) is 13.8 Å². The fourth-order valence-electron chi connectivity index (χ4n) is 1.63. The highest BCUT2D eigenvalue weighted by atomic mass is 16.4. The summed E-state index contributed by atoms with van der Waals surface area (Å²) in [4.78, 5) is 57.2. The Morgan fingerprint density at radius 1 is 1.00 bits per heavy atom. The summed E-state index contributed by atoms with van der Waals surface area (Å²) in [5.41, 5.74) is 10.7. The van der Waals surface area contributed by atoms with Crippen LogP contribution in [0.2, 0.25) is 0 Å². The second kappa shape index (κ2) is 10.2. The number of carboxylic acids is 1. The van der Waals surface area contributed by atoms with Crippen LogP contribution in [0.5, 0.6) is 0 Å². The molecule has 142 valence electrons. The van der Waals surface area contributed by atoms with Crippen LogP contribution in [0.4, 0.5) is 0 Å². The lowest BCUT2D eigenvalue weighted by atomic mass is 10.0. The molecular weight excluding hydrogens is 334 g/mol. The number of nitrogens with two attached hydrogens (primary N) is 2. The van der Waals surface area contributed by atoms with Gasteiger partial charge >= 0.3 is 5.97 Å². The van der Waals surface area contributed by atoms with Gasteiger partial charge < -0.3 is 32.5 Å². The molecule has 0 aromatic carbocycles. The largest absolute Gasteiger partial charge is 0.480 e. The molecule has 0 heterocycles. The Labute approximate surface area is 144 Å². The SMILES string of the molecule is CC(NC(=O)CNC(=O)C(CC(N)=O)NC(=O)C(N)C(C)C)C(=O)O. The van der Waals surface area contributed by atoms with E-state index < -0.39 is 60.7 Å². The van der Waals surface area contributed by atoms with Crippen LogP contribution in [-0.4, -0.2) is 59.4 Å². The molecule has 0 aliphatic rings. The first-order valence-electron chi connectivity index (χ1n) is 7.59. The van der Waals surface area contributed by atoms with E-state index >= 15 is 0 Å². The van der Waals surface area contributed by atoms with Crippen molar-refractivity contribution in [2.24, 2.45) is 17.4 Å². The standard InChI is InChI=1S/C14H25N5O6/c1-6(2)11(16)13(23)19-8(4-9(15)20)12(22)17-5-10(21)18-7(3)14(24)25/h6-8,11H,4-5,16H2,1-3H3,(H2,15,20)(H,17,22)(H,18,21)(H,19,23)(H,24,25). The van der Waals surface area contributed by atoms with E-state index in [1.54, 1.807) is 13.8 Å². The summed E-state index contributed by atoms with van der Waals surface area (Å²) in [6, 6.07) is -3.31. The summed E-state index contributed by atoms with van der Waals surface area (Å²) in [6.07, 6.45) is -0.477. The molecule has 0 aliphatic carbocycles. The fraction of sp³-hybridized carbons (Fsp3) is 0.643. The van der Waals surface area contributed by atoms with E-state index in [4.69, 9.17) is 16.6 Å². The van der Waals surface area contributed by atoms with E-state index in [0.29, 0.717) is 0 Å².